The van der Waals surface area contributed by atoms with Gasteiger partial charge in [0, 0.05) is 22.1 Å². The molecule has 2 aromatic carbocycles. The van der Waals surface area contributed by atoms with Crippen molar-refractivity contribution in [2.75, 3.05) is 0 Å². The molecule has 2 N–H and O–H groups in total. The summed E-state index contributed by atoms with van der Waals surface area (Å²) in [6.45, 7) is 0. The molecule has 1 unspecified atom stereocenters. The van der Waals surface area contributed by atoms with Crippen molar-refractivity contribution in [3.8, 4) is 0 Å². The number of nitrogens with zero attached hydrogens (tertiary/aromatic N) is 1. The first kappa shape index (κ1) is 15.6. The fourth-order valence-electron chi connectivity index (χ4n) is 2.18. The van der Waals surface area contributed by atoms with Crippen molar-refractivity contribution in [3.63, 3.8) is 0 Å². The molecule has 2 aromatic rings. The molecule has 0 spiro atoms. The predicted octanol–water partition coefficient (Wildman–Crippen LogP) is 3.61. The molecule has 0 heterocycles. The van der Waals surface area contributed by atoms with Gasteiger partial charge in [-0.1, -0.05) is 40.2 Å². The molecule has 0 aromatic heterocycles. The summed E-state index contributed by atoms with van der Waals surface area (Å²) in [4.78, 5) is 10.6. The zero-order valence-electron chi connectivity index (χ0n) is 11.1. The fourth-order valence-corrected chi connectivity index (χ4v) is 2.53. The van der Waals surface area contributed by atoms with Crippen molar-refractivity contribution in [2.45, 2.75) is 18.9 Å². The quantitative estimate of drug-likeness (QED) is 0.660. The Balaban J connectivity index is 2.15. The van der Waals surface area contributed by atoms with E-state index in [1.54, 1.807) is 30.3 Å². The maximum atomic E-state index is 13.6. The van der Waals surface area contributed by atoms with Crippen molar-refractivity contribution in [1.29, 1.82) is 0 Å². The van der Waals surface area contributed by atoms with Crippen LogP contribution in [0.4, 0.5) is 10.1 Å². The number of hydrogen-bond acceptors (Lipinski definition) is 3. The Bertz CT molecular complexity index is 664. The highest BCUT2D eigenvalue weighted by Crippen LogP contribution is 2.25. The van der Waals surface area contributed by atoms with Crippen LogP contribution in [0.2, 0.25) is 0 Å². The molecule has 4 nitrogen and oxygen atoms in total. The highest BCUT2D eigenvalue weighted by Gasteiger charge is 2.17. The topological polar surface area (TPSA) is 69.2 Å². The SMILES string of the molecule is NC(Cc1ccccc1F)Cc1ccc(Br)cc1[N+](=O)[O-]. The van der Waals surface area contributed by atoms with Gasteiger partial charge < -0.3 is 5.73 Å². The minimum absolute atomic E-state index is 0.0216. The third-order valence-electron chi connectivity index (χ3n) is 3.17. The van der Waals surface area contributed by atoms with Crippen LogP contribution >= 0.6 is 15.9 Å². The van der Waals surface area contributed by atoms with E-state index in [4.69, 9.17) is 5.73 Å². The molecule has 0 aliphatic heterocycles. The lowest BCUT2D eigenvalue weighted by atomic mass is 9.98. The van der Waals surface area contributed by atoms with Gasteiger partial charge in [-0.3, -0.25) is 10.1 Å². The van der Waals surface area contributed by atoms with E-state index in [0.29, 0.717) is 28.4 Å². The van der Waals surface area contributed by atoms with Gasteiger partial charge in [0.1, 0.15) is 5.82 Å². The molecular weight excluding hydrogens is 339 g/mol. The number of nitrogens with two attached hydrogens (primary N) is 1. The molecule has 1 atom stereocenters. The van der Waals surface area contributed by atoms with Gasteiger partial charge in [0.15, 0.2) is 0 Å². The Labute approximate surface area is 130 Å². The van der Waals surface area contributed by atoms with Crippen molar-refractivity contribution in [2.24, 2.45) is 5.73 Å². The molecule has 110 valence electrons. The normalized spacial score (nSPS) is 12.1. The maximum Gasteiger partial charge on any atom is 0.273 e. The van der Waals surface area contributed by atoms with E-state index in [-0.39, 0.29) is 17.5 Å². The third-order valence-corrected chi connectivity index (χ3v) is 3.66. The lowest BCUT2D eigenvalue weighted by Crippen LogP contribution is -2.26. The average molecular weight is 353 g/mol. The Morgan fingerprint density at radius 2 is 1.86 bits per heavy atom. The maximum absolute atomic E-state index is 13.6. The molecular formula is C15H14BrFN2O2. The standard InChI is InChI=1S/C15H14BrFN2O2/c16-12-6-5-11(15(9-12)19(20)21)8-13(18)7-10-3-1-2-4-14(10)17/h1-6,9,13H,7-8,18H2. The molecule has 0 saturated carbocycles. The van der Waals surface area contributed by atoms with E-state index in [1.807, 2.05) is 0 Å². The van der Waals surface area contributed by atoms with Crippen molar-refractivity contribution in [1.82, 2.24) is 0 Å². The van der Waals surface area contributed by atoms with Gasteiger partial charge in [-0.2, -0.15) is 0 Å². The van der Waals surface area contributed by atoms with Gasteiger partial charge >= 0.3 is 0 Å². The third kappa shape index (κ3) is 4.09. The monoisotopic (exact) mass is 352 g/mol. The van der Waals surface area contributed by atoms with E-state index >= 15 is 0 Å². The van der Waals surface area contributed by atoms with Crippen LogP contribution in [0.1, 0.15) is 11.1 Å². The Morgan fingerprint density at radius 3 is 2.52 bits per heavy atom. The van der Waals surface area contributed by atoms with Crippen molar-refractivity contribution in [3.05, 3.63) is 74.0 Å². The lowest BCUT2D eigenvalue weighted by Gasteiger charge is -2.12. The molecule has 0 fully saturated rings. The van der Waals surface area contributed by atoms with E-state index in [2.05, 4.69) is 15.9 Å². The van der Waals surface area contributed by atoms with Crippen LogP contribution in [0.15, 0.2) is 46.9 Å². The molecule has 6 heteroatoms. The minimum Gasteiger partial charge on any atom is -0.327 e. The summed E-state index contributed by atoms with van der Waals surface area (Å²) in [5.74, 6) is -0.307. The lowest BCUT2D eigenvalue weighted by molar-refractivity contribution is -0.385. The number of halogens is 2. The molecule has 0 amide bonds. The second-order valence-electron chi connectivity index (χ2n) is 4.79. The Morgan fingerprint density at radius 1 is 1.19 bits per heavy atom. The van der Waals surface area contributed by atoms with E-state index in [0.717, 1.165) is 0 Å². The average Bonchev–Trinajstić information content (AvgIpc) is 2.43. The summed E-state index contributed by atoms with van der Waals surface area (Å²) in [5.41, 5.74) is 7.10. The largest absolute Gasteiger partial charge is 0.327 e. The van der Waals surface area contributed by atoms with E-state index in [9.17, 15) is 14.5 Å². The van der Waals surface area contributed by atoms with Crippen LogP contribution in [-0.4, -0.2) is 11.0 Å². The van der Waals surface area contributed by atoms with Crippen LogP contribution in [0.25, 0.3) is 0 Å². The first-order valence-electron chi connectivity index (χ1n) is 6.39. The van der Waals surface area contributed by atoms with Crippen LogP contribution in [0.3, 0.4) is 0 Å². The van der Waals surface area contributed by atoms with Gasteiger partial charge in [-0.25, -0.2) is 4.39 Å². The zero-order chi connectivity index (χ0) is 15.4. The van der Waals surface area contributed by atoms with E-state index < -0.39 is 4.92 Å². The number of hydrogen-bond donors (Lipinski definition) is 1. The summed E-state index contributed by atoms with van der Waals surface area (Å²) in [7, 11) is 0. The highest BCUT2D eigenvalue weighted by molar-refractivity contribution is 9.10. The predicted molar refractivity (Wildman–Crippen MR) is 82.6 cm³/mol. The van der Waals surface area contributed by atoms with Gasteiger partial charge in [0.25, 0.3) is 5.69 Å². The summed E-state index contributed by atoms with van der Waals surface area (Å²) >= 11 is 3.21. The van der Waals surface area contributed by atoms with Crippen molar-refractivity contribution >= 4 is 21.6 Å². The molecule has 0 saturated heterocycles. The van der Waals surface area contributed by atoms with Gasteiger partial charge in [-0.15, -0.1) is 0 Å². The molecule has 0 bridgehead atoms. The second kappa shape index (κ2) is 6.78. The minimum atomic E-state index is -0.435. The Kier molecular flexibility index (Phi) is 5.03. The second-order valence-corrected chi connectivity index (χ2v) is 5.71. The molecule has 0 aliphatic rings. The molecule has 21 heavy (non-hydrogen) atoms. The summed E-state index contributed by atoms with van der Waals surface area (Å²) < 4.78 is 14.2. The highest BCUT2D eigenvalue weighted by atomic mass is 79.9. The van der Waals surface area contributed by atoms with Crippen LogP contribution in [0.5, 0.6) is 0 Å². The van der Waals surface area contributed by atoms with Crippen LogP contribution in [-0.2, 0) is 12.8 Å². The van der Waals surface area contributed by atoms with Gasteiger partial charge in [0.2, 0.25) is 0 Å². The van der Waals surface area contributed by atoms with Gasteiger partial charge in [0.05, 0.1) is 4.92 Å². The van der Waals surface area contributed by atoms with Crippen LogP contribution in [0, 0.1) is 15.9 Å². The molecule has 2 rings (SSSR count). The number of rotatable bonds is 5. The smallest absolute Gasteiger partial charge is 0.273 e. The summed E-state index contributed by atoms with van der Waals surface area (Å²) in [6.07, 6.45) is 0.651. The first-order valence-corrected chi connectivity index (χ1v) is 7.18. The Hall–Kier alpha value is -1.79. The number of nitro groups is 1. The van der Waals surface area contributed by atoms with E-state index in [1.165, 1.54) is 12.1 Å². The summed E-state index contributed by atoms with van der Waals surface area (Å²) in [5, 5.41) is 11.1. The fraction of sp³-hybridized carbons (Fsp3) is 0.200. The molecule has 0 radical (unpaired) electrons. The van der Waals surface area contributed by atoms with Gasteiger partial charge in [-0.05, 0) is 30.5 Å². The molecule has 0 aliphatic carbocycles. The zero-order valence-corrected chi connectivity index (χ0v) is 12.7. The van der Waals surface area contributed by atoms with Crippen molar-refractivity contribution < 1.29 is 9.31 Å². The summed E-state index contributed by atoms with van der Waals surface area (Å²) in [6, 6.07) is 10.9. The number of benzene rings is 2. The number of nitro benzene ring substituents is 1. The van der Waals surface area contributed by atoms with Crippen LogP contribution < -0.4 is 5.73 Å². The first-order chi connectivity index (χ1) is 9.97.